The van der Waals surface area contributed by atoms with E-state index in [9.17, 15) is 4.39 Å². The highest BCUT2D eigenvalue weighted by molar-refractivity contribution is 6.06. The van der Waals surface area contributed by atoms with Gasteiger partial charge in [-0.1, -0.05) is 66.2 Å². The minimum atomic E-state index is -0.219. The Morgan fingerprint density at radius 3 is 2.41 bits per heavy atom. The van der Waals surface area contributed by atoms with Gasteiger partial charge in [-0.15, -0.1) is 0 Å². The molecule has 3 heteroatoms. The molecule has 0 amide bonds. The fourth-order valence-corrected chi connectivity index (χ4v) is 3.73. The van der Waals surface area contributed by atoms with Crippen molar-refractivity contribution in [3.8, 4) is 11.1 Å². The lowest BCUT2D eigenvalue weighted by atomic mass is 9.92. The summed E-state index contributed by atoms with van der Waals surface area (Å²) in [4.78, 5) is 0. The molecule has 0 fully saturated rings. The third kappa shape index (κ3) is 3.50. The Hall–Kier alpha value is -2.94. The maximum Gasteiger partial charge on any atom is 0.123 e. The summed E-state index contributed by atoms with van der Waals surface area (Å²) in [5, 5.41) is 7.08. The minimum absolute atomic E-state index is 0.219. The molecule has 136 valence electrons. The summed E-state index contributed by atoms with van der Waals surface area (Å²) in [7, 11) is 0. The summed E-state index contributed by atoms with van der Waals surface area (Å²) < 4.78 is 13.8. The quantitative estimate of drug-likeness (QED) is 0.561. The van der Waals surface area contributed by atoms with Gasteiger partial charge in [-0.2, -0.15) is 5.10 Å². The van der Waals surface area contributed by atoms with Gasteiger partial charge in [0.1, 0.15) is 5.82 Å². The van der Waals surface area contributed by atoms with Crippen molar-refractivity contribution in [1.82, 2.24) is 5.01 Å². The van der Waals surface area contributed by atoms with Crippen LogP contribution in [0.5, 0.6) is 0 Å². The van der Waals surface area contributed by atoms with E-state index in [2.05, 4.69) is 49.2 Å². The van der Waals surface area contributed by atoms with E-state index in [1.807, 2.05) is 24.3 Å². The number of hydrogen-bond acceptors (Lipinski definition) is 2. The zero-order chi connectivity index (χ0) is 18.8. The zero-order valence-electron chi connectivity index (χ0n) is 15.7. The summed E-state index contributed by atoms with van der Waals surface area (Å²) in [6.07, 6.45) is 0.850. The Morgan fingerprint density at radius 1 is 0.963 bits per heavy atom. The zero-order valence-corrected chi connectivity index (χ0v) is 15.7. The van der Waals surface area contributed by atoms with Gasteiger partial charge in [0.05, 0.1) is 11.8 Å². The highest BCUT2D eigenvalue weighted by Gasteiger charge is 2.28. The summed E-state index contributed by atoms with van der Waals surface area (Å²) in [5.74, 6) is -0.219. The molecule has 2 nitrogen and oxygen atoms in total. The summed E-state index contributed by atoms with van der Waals surface area (Å²) in [6, 6.07) is 23.9. The molecular weight excluding hydrogens is 335 g/mol. The number of benzene rings is 3. The molecule has 3 aromatic rings. The molecule has 4 rings (SSSR count). The van der Waals surface area contributed by atoms with Gasteiger partial charge in [-0.25, -0.2) is 4.39 Å². The Morgan fingerprint density at radius 2 is 1.70 bits per heavy atom. The first-order chi connectivity index (χ1) is 13.2. The molecule has 1 aliphatic heterocycles. The topological polar surface area (TPSA) is 15.6 Å². The Labute approximate surface area is 160 Å². The fourth-order valence-electron chi connectivity index (χ4n) is 3.73. The number of halogens is 1. The first kappa shape index (κ1) is 17.5. The number of rotatable bonds is 4. The average Bonchev–Trinajstić information content (AvgIpc) is 3.13. The molecule has 0 radical (unpaired) electrons. The standard InChI is InChI=1S/C24H23FN2/c1-3-27-24(18-13-11-17(2)12-14-18)16-23(26-27)22-10-5-4-9-21(22)19-7-6-8-20(25)15-19/h4-15,24H,3,16H2,1-2H3. The van der Waals surface area contributed by atoms with E-state index in [0.717, 1.165) is 35.4 Å². The summed E-state index contributed by atoms with van der Waals surface area (Å²) in [5.41, 5.74) is 6.59. The van der Waals surface area contributed by atoms with Crippen molar-refractivity contribution in [2.45, 2.75) is 26.3 Å². The lowest BCUT2D eigenvalue weighted by Gasteiger charge is -2.22. The van der Waals surface area contributed by atoms with Gasteiger partial charge in [0.2, 0.25) is 0 Å². The van der Waals surface area contributed by atoms with E-state index in [4.69, 9.17) is 5.10 Å². The Kier molecular flexibility index (Phi) is 4.76. The number of aryl methyl sites for hydroxylation is 1. The van der Waals surface area contributed by atoms with E-state index in [-0.39, 0.29) is 11.9 Å². The Bertz CT molecular complexity index is 976. The van der Waals surface area contributed by atoms with Crippen LogP contribution in [0, 0.1) is 12.7 Å². The Balaban J connectivity index is 1.71. The van der Waals surface area contributed by atoms with Gasteiger partial charge in [0.15, 0.2) is 0 Å². The maximum atomic E-state index is 13.8. The van der Waals surface area contributed by atoms with Gasteiger partial charge in [0, 0.05) is 18.5 Å². The van der Waals surface area contributed by atoms with Gasteiger partial charge in [-0.3, -0.25) is 5.01 Å². The van der Waals surface area contributed by atoms with Crippen molar-refractivity contribution >= 4 is 5.71 Å². The van der Waals surface area contributed by atoms with E-state index in [1.165, 1.54) is 17.2 Å². The van der Waals surface area contributed by atoms with Crippen LogP contribution in [0.2, 0.25) is 0 Å². The average molecular weight is 358 g/mol. The van der Waals surface area contributed by atoms with Crippen molar-refractivity contribution in [2.24, 2.45) is 5.10 Å². The molecule has 0 saturated carbocycles. The van der Waals surface area contributed by atoms with E-state index < -0.39 is 0 Å². The predicted octanol–water partition coefficient (Wildman–Crippen LogP) is 5.97. The van der Waals surface area contributed by atoms with E-state index >= 15 is 0 Å². The van der Waals surface area contributed by atoms with Crippen LogP contribution in [0.1, 0.15) is 36.1 Å². The van der Waals surface area contributed by atoms with Crippen LogP contribution < -0.4 is 0 Å². The fraction of sp³-hybridized carbons (Fsp3) is 0.208. The predicted molar refractivity (Wildman–Crippen MR) is 109 cm³/mol. The molecule has 0 aliphatic carbocycles. The third-order valence-electron chi connectivity index (χ3n) is 5.16. The minimum Gasteiger partial charge on any atom is -0.289 e. The van der Waals surface area contributed by atoms with Crippen LogP contribution in [0.25, 0.3) is 11.1 Å². The summed E-state index contributed by atoms with van der Waals surface area (Å²) in [6.45, 7) is 5.09. The lowest BCUT2D eigenvalue weighted by molar-refractivity contribution is 0.246. The molecule has 0 spiro atoms. The highest BCUT2D eigenvalue weighted by Crippen LogP contribution is 2.35. The lowest BCUT2D eigenvalue weighted by Crippen LogP contribution is -2.18. The number of nitrogens with zero attached hydrogens (tertiary/aromatic N) is 2. The first-order valence-electron chi connectivity index (χ1n) is 9.41. The maximum absolute atomic E-state index is 13.8. The van der Waals surface area contributed by atoms with Crippen LogP contribution in [-0.4, -0.2) is 17.3 Å². The van der Waals surface area contributed by atoms with E-state index in [1.54, 1.807) is 12.1 Å². The molecule has 0 N–H and O–H groups in total. The second-order valence-electron chi connectivity index (χ2n) is 6.99. The van der Waals surface area contributed by atoms with Crippen LogP contribution in [0.3, 0.4) is 0 Å². The van der Waals surface area contributed by atoms with Gasteiger partial charge >= 0.3 is 0 Å². The molecule has 0 saturated heterocycles. The van der Waals surface area contributed by atoms with Crippen molar-refractivity contribution in [3.63, 3.8) is 0 Å². The van der Waals surface area contributed by atoms with Crippen molar-refractivity contribution in [1.29, 1.82) is 0 Å². The van der Waals surface area contributed by atoms with Crippen LogP contribution in [0.15, 0.2) is 77.9 Å². The van der Waals surface area contributed by atoms with Gasteiger partial charge in [0.25, 0.3) is 0 Å². The highest BCUT2D eigenvalue weighted by atomic mass is 19.1. The molecule has 1 atom stereocenters. The monoisotopic (exact) mass is 358 g/mol. The summed E-state index contributed by atoms with van der Waals surface area (Å²) >= 11 is 0. The first-order valence-corrected chi connectivity index (χ1v) is 9.41. The molecule has 1 heterocycles. The molecular formula is C24H23FN2. The SMILES string of the molecule is CCN1N=C(c2ccccc2-c2cccc(F)c2)CC1c1ccc(C)cc1. The van der Waals surface area contributed by atoms with Crippen LogP contribution >= 0.6 is 0 Å². The largest absolute Gasteiger partial charge is 0.289 e. The second-order valence-corrected chi connectivity index (χ2v) is 6.99. The second kappa shape index (κ2) is 7.36. The van der Waals surface area contributed by atoms with Crippen LogP contribution in [0.4, 0.5) is 4.39 Å². The number of hydrazone groups is 1. The van der Waals surface area contributed by atoms with Crippen LogP contribution in [-0.2, 0) is 0 Å². The van der Waals surface area contributed by atoms with Crippen molar-refractivity contribution in [2.75, 3.05) is 6.54 Å². The van der Waals surface area contributed by atoms with E-state index in [0.29, 0.717) is 0 Å². The molecule has 1 unspecified atom stereocenters. The van der Waals surface area contributed by atoms with Crippen molar-refractivity contribution < 1.29 is 4.39 Å². The number of hydrogen-bond donors (Lipinski definition) is 0. The molecule has 1 aliphatic rings. The molecule has 0 bridgehead atoms. The molecule has 0 aromatic heterocycles. The molecule has 3 aromatic carbocycles. The third-order valence-corrected chi connectivity index (χ3v) is 5.16. The normalized spacial score (nSPS) is 16.5. The smallest absolute Gasteiger partial charge is 0.123 e. The van der Waals surface area contributed by atoms with Crippen molar-refractivity contribution in [3.05, 3.63) is 95.3 Å². The van der Waals surface area contributed by atoms with Gasteiger partial charge < -0.3 is 0 Å². The molecule has 27 heavy (non-hydrogen) atoms. The van der Waals surface area contributed by atoms with Gasteiger partial charge in [-0.05, 0) is 42.7 Å².